The van der Waals surface area contributed by atoms with Crippen LogP contribution in [0.1, 0.15) is 43.7 Å². The highest BCUT2D eigenvalue weighted by Crippen LogP contribution is 2.36. The van der Waals surface area contributed by atoms with Gasteiger partial charge >= 0.3 is 0 Å². The maximum Gasteiger partial charge on any atom is 0.163 e. The molecule has 3 N–H and O–H groups in total. The smallest absolute Gasteiger partial charge is 0.163 e. The molecule has 2 fully saturated rings. The third kappa shape index (κ3) is 2.96. The van der Waals surface area contributed by atoms with E-state index in [1.807, 2.05) is 0 Å². The summed E-state index contributed by atoms with van der Waals surface area (Å²) in [7, 11) is 0. The standard InChI is InChI=1S/C16H22F2N2O/c17-14-3-1-2-13(16(14)18)15(19)6-7-20-10-4-5-11(20)9-12(21)8-10/h1-3,10-12,15,21H,4-9,19H2. The van der Waals surface area contributed by atoms with Gasteiger partial charge in [0.25, 0.3) is 0 Å². The van der Waals surface area contributed by atoms with E-state index in [0.717, 1.165) is 38.3 Å². The quantitative estimate of drug-likeness (QED) is 0.896. The normalized spacial score (nSPS) is 30.6. The molecule has 3 atom stereocenters. The summed E-state index contributed by atoms with van der Waals surface area (Å²) in [6, 6.07) is 4.50. The molecular formula is C16H22F2N2O. The molecule has 3 unspecified atom stereocenters. The molecule has 116 valence electrons. The zero-order valence-corrected chi connectivity index (χ0v) is 12.0. The molecule has 3 rings (SSSR count). The highest BCUT2D eigenvalue weighted by Gasteiger charge is 2.39. The summed E-state index contributed by atoms with van der Waals surface area (Å²) in [6.07, 6.45) is 4.29. The van der Waals surface area contributed by atoms with E-state index in [2.05, 4.69) is 4.90 Å². The molecule has 3 nitrogen and oxygen atoms in total. The molecule has 1 aromatic carbocycles. The Morgan fingerprint density at radius 2 is 1.90 bits per heavy atom. The van der Waals surface area contributed by atoms with Gasteiger partial charge in [0.05, 0.1) is 6.10 Å². The number of piperidine rings is 1. The van der Waals surface area contributed by atoms with Gasteiger partial charge in [0.15, 0.2) is 11.6 Å². The van der Waals surface area contributed by atoms with Crippen LogP contribution in [0, 0.1) is 11.6 Å². The van der Waals surface area contributed by atoms with E-state index in [0.29, 0.717) is 18.5 Å². The molecule has 0 aromatic heterocycles. The Morgan fingerprint density at radius 3 is 2.57 bits per heavy atom. The first-order chi connectivity index (χ1) is 10.1. The minimum atomic E-state index is -0.843. The van der Waals surface area contributed by atoms with E-state index in [1.165, 1.54) is 6.07 Å². The molecule has 2 bridgehead atoms. The van der Waals surface area contributed by atoms with Crippen LogP contribution < -0.4 is 5.73 Å². The summed E-state index contributed by atoms with van der Waals surface area (Å²) in [5.41, 5.74) is 6.29. The molecule has 1 aromatic rings. The van der Waals surface area contributed by atoms with E-state index in [9.17, 15) is 13.9 Å². The van der Waals surface area contributed by atoms with Crippen molar-refractivity contribution < 1.29 is 13.9 Å². The molecule has 5 heteroatoms. The van der Waals surface area contributed by atoms with Crippen LogP contribution in [0.25, 0.3) is 0 Å². The van der Waals surface area contributed by atoms with Gasteiger partial charge in [0, 0.05) is 30.2 Å². The molecule has 0 aliphatic carbocycles. The third-order valence-electron chi connectivity index (χ3n) is 4.94. The summed E-state index contributed by atoms with van der Waals surface area (Å²) in [5.74, 6) is -1.67. The molecule has 21 heavy (non-hydrogen) atoms. The first-order valence-corrected chi connectivity index (χ1v) is 7.69. The molecule has 2 saturated heterocycles. The Balaban J connectivity index is 1.62. The fraction of sp³-hybridized carbons (Fsp3) is 0.625. The van der Waals surface area contributed by atoms with Crippen LogP contribution >= 0.6 is 0 Å². The van der Waals surface area contributed by atoms with Crippen LogP contribution in [-0.2, 0) is 0 Å². The SMILES string of the molecule is NC(CCN1C2CCC1CC(O)C2)c1cccc(F)c1F. The minimum absolute atomic E-state index is 0.187. The molecule has 0 amide bonds. The van der Waals surface area contributed by atoms with Crippen molar-refractivity contribution in [3.8, 4) is 0 Å². The number of fused-ring (bicyclic) bond motifs is 2. The van der Waals surface area contributed by atoms with Crippen molar-refractivity contribution in [3.63, 3.8) is 0 Å². The van der Waals surface area contributed by atoms with Crippen molar-refractivity contribution in [3.05, 3.63) is 35.4 Å². The largest absolute Gasteiger partial charge is 0.393 e. The van der Waals surface area contributed by atoms with E-state index in [4.69, 9.17) is 5.73 Å². The van der Waals surface area contributed by atoms with Crippen LogP contribution in [0.3, 0.4) is 0 Å². The number of rotatable bonds is 4. The zero-order chi connectivity index (χ0) is 15.0. The zero-order valence-electron chi connectivity index (χ0n) is 12.0. The second-order valence-electron chi connectivity index (χ2n) is 6.29. The predicted octanol–water partition coefficient (Wildman–Crippen LogP) is 2.34. The van der Waals surface area contributed by atoms with Gasteiger partial charge in [-0.05, 0) is 38.2 Å². The lowest BCUT2D eigenvalue weighted by molar-refractivity contribution is 0.0340. The summed E-state index contributed by atoms with van der Waals surface area (Å²) >= 11 is 0. The van der Waals surface area contributed by atoms with Crippen LogP contribution in [0.5, 0.6) is 0 Å². The van der Waals surface area contributed by atoms with Crippen molar-refractivity contribution in [1.82, 2.24) is 4.90 Å². The molecule has 0 spiro atoms. The number of hydrogen-bond donors (Lipinski definition) is 2. The summed E-state index contributed by atoms with van der Waals surface area (Å²) in [6.45, 7) is 0.777. The van der Waals surface area contributed by atoms with Gasteiger partial charge in [-0.3, -0.25) is 4.90 Å². The van der Waals surface area contributed by atoms with Gasteiger partial charge in [0.2, 0.25) is 0 Å². The second kappa shape index (κ2) is 5.99. The van der Waals surface area contributed by atoms with Crippen molar-refractivity contribution in [1.29, 1.82) is 0 Å². The molecule has 0 radical (unpaired) electrons. The Kier molecular flexibility index (Phi) is 4.24. The lowest BCUT2D eigenvalue weighted by Crippen LogP contribution is -2.45. The topological polar surface area (TPSA) is 49.5 Å². The van der Waals surface area contributed by atoms with Crippen molar-refractivity contribution in [2.75, 3.05) is 6.54 Å². The van der Waals surface area contributed by atoms with Crippen LogP contribution in [0.2, 0.25) is 0 Å². The number of nitrogens with two attached hydrogens (primary N) is 1. The van der Waals surface area contributed by atoms with Crippen molar-refractivity contribution in [2.45, 2.75) is 56.3 Å². The van der Waals surface area contributed by atoms with Gasteiger partial charge in [-0.1, -0.05) is 12.1 Å². The highest BCUT2D eigenvalue weighted by atomic mass is 19.2. The summed E-state index contributed by atoms with van der Waals surface area (Å²) in [4.78, 5) is 2.39. The number of hydrogen-bond acceptors (Lipinski definition) is 3. The Hall–Kier alpha value is -1.04. The first kappa shape index (κ1) is 14.9. The number of benzene rings is 1. The van der Waals surface area contributed by atoms with E-state index in [1.54, 1.807) is 6.07 Å². The number of aliphatic hydroxyl groups excluding tert-OH is 1. The van der Waals surface area contributed by atoms with E-state index >= 15 is 0 Å². The van der Waals surface area contributed by atoms with Crippen molar-refractivity contribution in [2.24, 2.45) is 5.73 Å². The average Bonchev–Trinajstić information content (AvgIpc) is 2.69. The van der Waals surface area contributed by atoms with Gasteiger partial charge in [-0.25, -0.2) is 8.78 Å². The molecule has 2 aliphatic heterocycles. The minimum Gasteiger partial charge on any atom is -0.393 e. The number of halogens is 2. The van der Waals surface area contributed by atoms with Crippen LogP contribution in [0.15, 0.2) is 18.2 Å². The molecule has 0 saturated carbocycles. The number of nitrogens with zero attached hydrogens (tertiary/aromatic N) is 1. The van der Waals surface area contributed by atoms with Gasteiger partial charge < -0.3 is 10.8 Å². The Morgan fingerprint density at radius 1 is 1.24 bits per heavy atom. The lowest BCUT2D eigenvalue weighted by atomic mass is 9.98. The highest BCUT2D eigenvalue weighted by molar-refractivity contribution is 5.22. The summed E-state index contributed by atoms with van der Waals surface area (Å²) in [5, 5.41) is 9.79. The van der Waals surface area contributed by atoms with Crippen LogP contribution in [-0.4, -0.2) is 34.7 Å². The fourth-order valence-electron chi connectivity index (χ4n) is 3.86. The maximum atomic E-state index is 13.7. The van der Waals surface area contributed by atoms with E-state index in [-0.39, 0.29) is 11.7 Å². The molecular weight excluding hydrogens is 274 g/mol. The monoisotopic (exact) mass is 296 g/mol. The molecule has 2 heterocycles. The van der Waals surface area contributed by atoms with Gasteiger partial charge in [-0.2, -0.15) is 0 Å². The second-order valence-corrected chi connectivity index (χ2v) is 6.29. The maximum absolute atomic E-state index is 13.7. The Bertz CT molecular complexity index is 497. The summed E-state index contributed by atoms with van der Waals surface area (Å²) < 4.78 is 27.0. The van der Waals surface area contributed by atoms with Crippen molar-refractivity contribution >= 4 is 0 Å². The third-order valence-corrected chi connectivity index (χ3v) is 4.94. The predicted molar refractivity (Wildman–Crippen MR) is 76.7 cm³/mol. The Labute approximate surface area is 123 Å². The number of aliphatic hydroxyl groups is 1. The van der Waals surface area contributed by atoms with Crippen LogP contribution in [0.4, 0.5) is 8.78 Å². The average molecular weight is 296 g/mol. The lowest BCUT2D eigenvalue weighted by Gasteiger charge is -2.37. The first-order valence-electron chi connectivity index (χ1n) is 7.69. The van der Waals surface area contributed by atoms with Gasteiger partial charge in [-0.15, -0.1) is 0 Å². The van der Waals surface area contributed by atoms with Gasteiger partial charge in [0.1, 0.15) is 0 Å². The van der Waals surface area contributed by atoms with E-state index < -0.39 is 17.7 Å². The fourth-order valence-corrected chi connectivity index (χ4v) is 3.86. The molecule has 2 aliphatic rings.